The molecule has 0 aromatic carbocycles. The largest absolute Gasteiger partial charge is 0.352 e. The second-order valence-corrected chi connectivity index (χ2v) is 4.28. The van der Waals surface area contributed by atoms with Crippen LogP contribution in [0.4, 0.5) is 0 Å². The highest BCUT2D eigenvalue weighted by atomic mass is 16.1. The molecule has 0 aromatic rings. The van der Waals surface area contributed by atoms with Crippen LogP contribution in [0.2, 0.25) is 0 Å². The molecule has 1 amide bonds. The fourth-order valence-corrected chi connectivity index (χ4v) is 2.12. The molecular formula is C11H18N2O. The Hall–Kier alpha value is -1.04. The summed E-state index contributed by atoms with van der Waals surface area (Å²) in [5.41, 5.74) is 0. The van der Waals surface area contributed by atoms with Crippen LogP contribution in [0.3, 0.4) is 0 Å². The van der Waals surface area contributed by atoms with Gasteiger partial charge in [-0.2, -0.15) is 5.26 Å². The molecular weight excluding hydrogens is 176 g/mol. The van der Waals surface area contributed by atoms with Gasteiger partial charge in [-0.1, -0.05) is 26.7 Å². The van der Waals surface area contributed by atoms with Crippen molar-refractivity contribution < 1.29 is 4.79 Å². The molecule has 1 fully saturated rings. The minimum atomic E-state index is -0.126. The average molecular weight is 194 g/mol. The molecule has 3 nitrogen and oxygen atoms in total. The van der Waals surface area contributed by atoms with E-state index in [1.807, 2.05) is 6.07 Å². The number of amides is 1. The maximum atomic E-state index is 11.2. The van der Waals surface area contributed by atoms with Crippen molar-refractivity contribution in [1.82, 2.24) is 5.32 Å². The Morgan fingerprint density at radius 2 is 2.21 bits per heavy atom. The Labute approximate surface area is 85.5 Å². The summed E-state index contributed by atoms with van der Waals surface area (Å²) in [7, 11) is 0. The van der Waals surface area contributed by atoms with Gasteiger partial charge in [-0.05, 0) is 18.3 Å². The number of hydrogen-bond donors (Lipinski definition) is 1. The molecule has 0 spiro atoms. The van der Waals surface area contributed by atoms with Gasteiger partial charge < -0.3 is 5.32 Å². The Balaban J connectivity index is 2.43. The van der Waals surface area contributed by atoms with Gasteiger partial charge in [-0.25, -0.2) is 0 Å². The molecule has 14 heavy (non-hydrogen) atoms. The van der Waals surface area contributed by atoms with Gasteiger partial charge in [0.1, 0.15) is 6.42 Å². The lowest BCUT2D eigenvalue weighted by Crippen LogP contribution is -2.43. The topological polar surface area (TPSA) is 52.9 Å². The molecule has 3 atom stereocenters. The van der Waals surface area contributed by atoms with Gasteiger partial charge >= 0.3 is 0 Å². The molecule has 3 unspecified atom stereocenters. The Morgan fingerprint density at radius 1 is 1.50 bits per heavy atom. The number of rotatable bonds is 2. The molecule has 1 aliphatic rings. The van der Waals surface area contributed by atoms with Crippen molar-refractivity contribution in [2.75, 3.05) is 0 Å². The molecule has 1 rings (SSSR count). The van der Waals surface area contributed by atoms with Crippen LogP contribution in [0.5, 0.6) is 0 Å². The van der Waals surface area contributed by atoms with Crippen molar-refractivity contribution >= 4 is 5.91 Å². The fourth-order valence-electron chi connectivity index (χ4n) is 2.12. The lowest BCUT2D eigenvalue weighted by molar-refractivity contribution is -0.121. The third-order valence-electron chi connectivity index (χ3n) is 3.29. The number of nitriles is 1. The summed E-state index contributed by atoms with van der Waals surface area (Å²) in [6.45, 7) is 4.41. The van der Waals surface area contributed by atoms with E-state index in [0.717, 1.165) is 6.42 Å². The smallest absolute Gasteiger partial charge is 0.234 e. The molecule has 3 heteroatoms. The first-order valence-corrected chi connectivity index (χ1v) is 5.31. The summed E-state index contributed by atoms with van der Waals surface area (Å²) in [5, 5.41) is 11.3. The Bertz CT molecular complexity index is 244. The van der Waals surface area contributed by atoms with E-state index in [1.54, 1.807) is 0 Å². The Kier molecular flexibility index (Phi) is 3.94. The summed E-state index contributed by atoms with van der Waals surface area (Å²) in [6.07, 6.45) is 3.48. The molecule has 1 N–H and O–H groups in total. The summed E-state index contributed by atoms with van der Waals surface area (Å²) < 4.78 is 0. The summed E-state index contributed by atoms with van der Waals surface area (Å²) in [6, 6.07) is 2.15. The molecule has 0 bridgehead atoms. The number of hydrogen-bond acceptors (Lipinski definition) is 2. The van der Waals surface area contributed by atoms with Gasteiger partial charge in [-0.15, -0.1) is 0 Å². The zero-order chi connectivity index (χ0) is 10.6. The first-order valence-electron chi connectivity index (χ1n) is 5.31. The molecule has 0 heterocycles. The van der Waals surface area contributed by atoms with Crippen molar-refractivity contribution in [1.29, 1.82) is 5.26 Å². The van der Waals surface area contributed by atoms with Crippen LogP contribution in [0.1, 0.15) is 39.5 Å². The second-order valence-electron chi connectivity index (χ2n) is 4.28. The monoisotopic (exact) mass is 194 g/mol. The minimum absolute atomic E-state index is 0.0163. The predicted octanol–water partition coefficient (Wildman–Crippen LogP) is 1.84. The van der Waals surface area contributed by atoms with E-state index in [2.05, 4.69) is 19.2 Å². The zero-order valence-electron chi connectivity index (χ0n) is 8.92. The van der Waals surface area contributed by atoms with E-state index in [-0.39, 0.29) is 18.4 Å². The molecule has 0 saturated heterocycles. The summed E-state index contributed by atoms with van der Waals surface area (Å²) >= 11 is 0. The normalized spacial score (nSPS) is 31.9. The number of carbonyl (C=O) groups excluding carboxylic acids is 1. The van der Waals surface area contributed by atoms with Crippen molar-refractivity contribution in [2.24, 2.45) is 11.8 Å². The van der Waals surface area contributed by atoms with Crippen LogP contribution in [0.15, 0.2) is 0 Å². The SMILES string of the molecule is CC1CCCC(NC(=O)CC#N)C1C. The van der Waals surface area contributed by atoms with E-state index in [1.165, 1.54) is 12.8 Å². The molecule has 1 saturated carbocycles. The number of carbonyl (C=O) groups is 1. The third-order valence-corrected chi connectivity index (χ3v) is 3.29. The van der Waals surface area contributed by atoms with Gasteiger partial charge in [0, 0.05) is 6.04 Å². The quantitative estimate of drug-likeness (QED) is 0.729. The van der Waals surface area contributed by atoms with Gasteiger partial charge in [0.2, 0.25) is 5.91 Å². The Morgan fingerprint density at radius 3 is 2.86 bits per heavy atom. The van der Waals surface area contributed by atoms with E-state index in [4.69, 9.17) is 5.26 Å². The van der Waals surface area contributed by atoms with Crippen LogP contribution in [-0.2, 0) is 4.79 Å². The van der Waals surface area contributed by atoms with Crippen molar-refractivity contribution in [2.45, 2.75) is 45.6 Å². The second kappa shape index (κ2) is 4.99. The first-order chi connectivity index (χ1) is 6.65. The van der Waals surface area contributed by atoms with Gasteiger partial charge in [0.15, 0.2) is 0 Å². The van der Waals surface area contributed by atoms with Crippen LogP contribution in [0, 0.1) is 23.2 Å². The highest BCUT2D eigenvalue weighted by molar-refractivity contribution is 5.78. The maximum absolute atomic E-state index is 11.2. The first kappa shape index (κ1) is 11.0. The molecule has 0 aliphatic heterocycles. The zero-order valence-corrected chi connectivity index (χ0v) is 8.92. The van der Waals surface area contributed by atoms with Crippen LogP contribution in [0.25, 0.3) is 0 Å². The predicted molar refractivity (Wildman–Crippen MR) is 54.3 cm³/mol. The van der Waals surface area contributed by atoms with E-state index < -0.39 is 0 Å². The van der Waals surface area contributed by atoms with Crippen molar-refractivity contribution in [3.8, 4) is 6.07 Å². The van der Waals surface area contributed by atoms with Crippen molar-refractivity contribution in [3.05, 3.63) is 0 Å². The summed E-state index contributed by atoms with van der Waals surface area (Å²) in [5.74, 6) is 1.08. The maximum Gasteiger partial charge on any atom is 0.234 e. The van der Waals surface area contributed by atoms with Gasteiger partial charge in [0.25, 0.3) is 0 Å². The lowest BCUT2D eigenvalue weighted by atomic mass is 9.78. The minimum Gasteiger partial charge on any atom is -0.352 e. The van der Waals surface area contributed by atoms with Crippen LogP contribution >= 0.6 is 0 Å². The van der Waals surface area contributed by atoms with E-state index >= 15 is 0 Å². The van der Waals surface area contributed by atoms with Crippen LogP contribution in [-0.4, -0.2) is 11.9 Å². The van der Waals surface area contributed by atoms with Crippen molar-refractivity contribution in [3.63, 3.8) is 0 Å². The fraction of sp³-hybridized carbons (Fsp3) is 0.818. The van der Waals surface area contributed by atoms with Crippen LogP contribution < -0.4 is 5.32 Å². The lowest BCUT2D eigenvalue weighted by Gasteiger charge is -2.34. The van der Waals surface area contributed by atoms with Gasteiger partial charge in [0.05, 0.1) is 6.07 Å². The van der Waals surface area contributed by atoms with E-state index in [0.29, 0.717) is 11.8 Å². The standard InChI is InChI=1S/C11H18N2O/c1-8-4-3-5-10(9(8)2)13-11(14)6-7-12/h8-10H,3-6H2,1-2H3,(H,13,14). The molecule has 1 aliphatic carbocycles. The molecule has 0 aromatic heterocycles. The van der Waals surface area contributed by atoms with Gasteiger partial charge in [-0.3, -0.25) is 4.79 Å². The third kappa shape index (κ3) is 2.73. The number of nitrogens with one attached hydrogen (secondary N) is 1. The molecule has 0 radical (unpaired) electrons. The highest BCUT2D eigenvalue weighted by Gasteiger charge is 2.27. The highest BCUT2D eigenvalue weighted by Crippen LogP contribution is 2.29. The molecule has 78 valence electrons. The summed E-state index contributed by atoms with van der Waals surface area (Å²) in [4.78, 5) is 11.2. The number of nitrogens with zero attached hydrogens (tertiary/aromatic N) is 1. The average Bonchev–Trinajstić information content (AvgIpc) is 2.13. The van der Waals surface area contributed by atoms with E-state index in [9.17, 15) is 4.79 Å².